The molecule has 16 heavy (non-hydrogen) atoms. The van der Waals surface area contributed by atoms with Gasteiger partial charge in [-0.25, -0.2) is 0 Å². The Morgan fingerprint density at radius 2 is 2.38 bits per heavy atom. The van der Waals surface area contributed by atoms with E-state index in [0.29, 0.717) is 11.8 Å². The minimum atomic E-state index is 0.159. The van der Waals surface area contributed by atoms with Crippen molar-refractivity contribution < 1.29 is 4.79 Å². The second kappa shape index (κ2) is 7.17. The van der Waals surface area contributed by atoms with E-state index in [2.05, 4.69) is 6.26 Å². The molecule has 0 bridgehead atoms. The number of likely N-dealkylation sites (tertiary alicyclic amines) is 1. The van der Waals surface area contributed by atoms with Gasteiger partial charge in [0.1, 0.15) is 0 Å². The normalized spacial score (nSPS) is 23.2. The molecule has 0 aromatic rings. The fraction of sp³-hybridized carbons (Fsp3) is 0.917. The molecule has 1 fully saturated rings. The van der Waals surface area contributed by atoms with Crippen LogP contribution in [0.25, 0.3) is 0 Å². The number of piperidine rings is 1. The molecule has 2 atom stereocenters. The number of thioether (sulfide) groups is 1. The Kier molecular flexibility index (Phi) is 6.21. The van der Waals surface area contributed by atoms with Crippen LogP contribution in [0, 0.1) is 11.8 Å². The molecule has 0 radical (unpaired) electrons. The van der Waals surface area contributed by atoms with Gasteiger partial charge in [-0.3, -0.25) is 4.79 Å². The van der Waals surface area contributed by atoms with Gasteiger partial charge in [0.2, 0.25) is 5.91 Å². The van der Waals surface area contributed by atoms with E-state index in [-0.39, 0.29) is 5.92 Å². The molecule has 0 aromatic heterocycles. The minimum Gasteiger partial charge on any atom is -0.342 e. The molecule has 0 spiro atoms. The molecule has 1 heterocycles. The van der Waals surface area contributed by atoms with E-state index >= 15 is 0 Å². The third-order valence-electron chi connectivity index (χ3n) is 3.24. The highest BCUT2D eigenvalue weighted by molar-refractivity contribution is 7.98. The Balaban J connectivity index is 2.43. The maximum Gasteiger partial charge on any atom is 0.226 e. The van der Waals surface area contributed by atoms with Gasteiger partial charge in [-0.05, 0) is 38.0 Å². The second-order valence-electron chi connectivity index (χ2n) is 4.73. The molecule has 1 rings (SSSR count). The molecule has 2 unspecified atom stereocenters. The maximum atomic E-state index is 12.1. The predicted octanol–water partition coefficient (Wildman–Crippen LogP) is 1.57. The summed E-state index contributed by atoms with van der Waals surface area (Å²) in [5.41, 5.74) is 5.58. The van der Waals surface area contributed by atoms with E-state index in [1.165, 1.54) is 6.42 Å². The number of rotatable bonds is 5. The zero-order valence-corrected chi connectivity index (χ0v) is 11.3. The molecule has 1 amide bonds. The third-order valence-corrected chi connectivity index (χ3v) is 4.08. The Morgan fingerprint density at radius 1 is 1.62 bits per heavy atom. The quantitative estimate of drug-likeness (QED) is 0.798. The van der Waals surface area contributed by atoms with Crippen molar-refractivity contribution in [1.82, 2.24) is 4.90 Å². The van der Waals surface area contributed by atoms with Gasteiger partial charge < -0.3 is 10.6 Å². The van der Waals surface area contributed by atoms with Crippen molar-refractivity contribution in [1.29, 1.82) is 0 Å². The largest absolute Gasteiger partial charge is 0.342 e. The van der Waals surface area contributed by atoms with Crippen LogP contribution in [0.4, 0.5) is 0 Å². The van der Waals surface area contributed by atoms with Crippen LogP contribution in [0.5, 0.6) is 0 Å². The number of hydrogen-bond acceptors (Lipinski definition) is 3. The summed E-state index contributed by atoms with van der Waals surface area (Å²) in [7, 11) is 0. The summed E-state index contributed by atoms with van der Waals surface area (Å²) in [5, 5.41) is 0. The highest BCUT2D eigenvalue weighted by atomic mass is 32.2. The highest BCUT2D eigenvalue weighted by Gasteiger charge is 2.25. The van der Waals surface area contributed by atoms with Gasteiger partial charge in [0.25, 0.3) is 0 Å². The summed E-state index contributed by atoms with van der Waals surface area (Å²) < 4.78 is 0. The van der Waals surface area contributed by atoms with Gasteiger partial charge in [0.05, 0.1) is 0 Å². The van der Waals surface area contributed by atoms with E-state index in [1.807, 2.05) is 11.8 Å². The van der Waals surface area contributed by atoms with Crippen molar-refractivity contribution in [3.05, 3.63) is 0 Å². The fourth-order valence-corrected chi connectivity index (χ4v) is 3.01. The molecule has 0 aliphatic carbocycles. The maximum absolute atomic E-state index is 12.1. The van der Waals surface area contributed by atoms with Crippen LogP contribution in [0.2, 0.25) is 0 Å². The molecule has 1 saturated heterocycles. The molecule has 94 valence electrons. The van der Waals surface area contributed by atoms with Crippen molar-refractivity contribution in [2.75, 3.05) is 31.6 Å². The number of carbonyl (C=O) groups is 1. The number of hydrogen-bond donors (Lipinski definition) is 1. The summed E-state index contributed by atoms with van der Waals surface area (Å²) in [6, 6.07) is 0. The highest BCUT2D eigenvalue weighted by Crippen LogP contribution is 2.21. The van der Waals surface area contributed by atoms with E-state index < -0.39 is 0 Å². The Labute approximate surface area is 103 Å². The van der Waals surface area contributed by atoms with Crippen LogP contribution in [-0.4, -0.2) is 42.4 Å². The van der Waals surface area contributed by atoms with Crippen molar-refractivity contribution >= 4 is 17.7 Å². The Bertz CT molecular complexity index is 221. The fourth-order valence-electron chi connectivity index (χ4n) is 2.37. The predicted molar refractivity (Wildman–Crippen MR) is 70.5 cm³/mol. The topological polar surface area (TPSA) is 46.3 Å². The summed E-state index contributed by atoms with van der Waals surface area (Å²) >= 11 is 1.75. The van der Waals surface area contributed by atoms with Gasteiger partial charge in [0, 0.05) is 24.8 Å². The van der Waals surface area contributed by atoms with Gasteiger partial charge in [-0.1, -0.05) is 6.92 Å². The second-order valence-corrected chi connectivity index (χ2v) is 5.64. The van der Waals surface area contributed by atoms with Crippen molar-refractivity contribution in [3.8, 4) is 0 Å². The van der Waals surface area contributed by atoms with Gasteiger partial charge in [-0.15, -0.1) is 0 Å². The van der Waals surface area contributed by atoms with Crippen molar-refractivity contribution in [2.24, 2.45) is 17.6 Å². The number of carbonyl (C=O) groups excluding carboxylic acids is 1. The first kappa shape index (κ1) is 13.8. The smallest absolute Gasteiger partial charge is 0.226 e. The van der Waals surface area contributed by atoms with Crippen LogP contribution < -0.4 is 5.73 Å². The average molecular weight is 244 g/mol. The van der Waals surface area contributed by atoms with Crippen LogP contribution in [0.3, 0.4) is 0 Å². The third kappa shape index (κ3) is 3.98. The summed E-state index contributed by atoms with van der Waals surface area (Å²) in [4.78, 5) is 14.2. The van der Waals surface area contributed by atoms with E-state index in [4.69, 9.17) is 5.73 Å². The zero-order valence-electron chi connectivity index (χ0n) is 10.4. The lowest BCUT2D eigenvalue weighted by molar-refractivity contribution is -0.136. The summed E-state index contributed by atoms with van der Waals surface area (Å²) in [6.45, 7) is 4.64. The lowest BCUT2D eigenvalue weighted by atomic mass is 9.94. The van der Waals surface area contributed by atoms with Crippen LogP contribution in [0.15, 0.2) is 0 Å². The van der Waals surface area contributed by atoms with Crippen molar-refractivity contribution in [3.63, 3.8) is 0 Å². The van der Waals surface area contributed by atoms with E-state index in [9.17, 15) is 4.79 Å². The molecule has 2 N–H and O–H groups in total. The lowest BCUT2D eigenvalue weighted by Crippen LogP contribution is -2.43. The molecule has 1 aliphatic heterocycles. The standard InChI is InChI=1S/C12H24N2OS/c1-10(9-16-2)12(15)14-7-3-4-11(8-14)5-6-13/h10-11H,3-9,13H2,1-2H3. The van der Waals surface area contributed by atoms with Crippen LogP contribution in [0.1, 0.15) is 26.2 Å². The molecular formula is C12H24N2OS. The first-order valence-electron chi connectivity index (χ1n) is 6.16. The SMILES string of the molecule is CSCC(C)C(=O)N1CCCC(CCN)C1. The number of amides is 1. The average Bonchev–Trinajstić information content (AvgIpc) is 2.29. The Hall–Kier alpha value is -0.220. The summed E-state index contributed by atoms with van der Waals surface area (Å²) in [6.07, 6.45) is 5.48. The monoisotopic (exact) mass is 244 g/mol. The van der Waals surface area contributed by atoms with Crippen LogP contribution >= 0.6 is 11.8 Å². The number of nitrogens with zero attached hydrogens (tertiary/aromatic N) is 1. The van der Waals surface area contributed by atoms with E-state index in [0.717, 1.165) is 38.2 Å². The molecular weight excluding hydrogens is 220 g/mol. The van der Waals surface area contributed by atoms with E-state index in [1.54, 1.807) is 11.8 Å². The minimum absolute atomic E-state index is 0.159. The molecule has 4 heteroatoms. The summed E-state index contributed by atoms with van der Waals surface area (Å²) in [5.74, 6) is 2.04. The zero-order chi connectivity index (χ0) is 12.0. The molecule has 0 aromatic carbocycles. The molecule has 3 nitrogen and oxygen atoms in total. The van der Waals surface area contributed by atoms with Gasteiger partial charge in [0.15, 0.2) is 0 Å². The van der Waals surface area contributed by atoms with Crippen LogP contribution in [-0.2, 0) is 4.79 Å². The Morgan fingerprint density at radius 3 is 3.00 bits per heavy atom. The first-order chi connectivity index (χ1) is 7.69. The number of nitrogens with two attached hydrogens (primary N) is 1. The first-order valence-corrected chi connectivity index (χ1v) is 7.56. The lowest BCUT2D eigenvalue weighted by Gasteiger charge is -2.34. The van der Waals surface area contributed by atoms with Gasteiger partial charge >= 0.3 is 0 Å². The molecule has 0 saturated carbocycles. The molecule has 1 aliphatic rings. The van der Waals surface area contributed by atoms with Gasteiger partial charge in [-0.2, -0.15) is 11.8 Å². The van der Waals surface area contributed by atoms with Crippen molar-refractivity contribution in [2.45, 2.75) is 26.2 Å².